The maximum Gasteiger partial charge on any atom is 0.264 e. The molecule has 0 saturated carbocycles. The fourth-order valence-electron chi connectivity index (χ4n) is 1.63. The summed E-state index contributed by atoms with van der Waals surface area (Å²) in [5, 5.41) is 3.20. The van der Waals surface area contributed by atoms with E-state index in [1.807, 2.05) is 6.92 Å². The average molecular weight is 237 g/mol. The van der Waals surface area contributed by atoms with E-state index >= 15 is 0 Å². The largest absolute Gasteiger partial charge is 0.381 e. The van der Waals surface area contributed by atoms with E-state index in [0.29, 0.717) is 13.2 Å². The van der Waals surface area contributed by atoms with Gasteiger partial charge in [0.25, 0.3) is 10.1 Å². The van der Waals surface area contributed by atoms with E-state index in [1.165, 1.54) is 0 Å². The minimum atomic E-state index is -3.36. The van der Waals surface area contributed by atoms with Crippen molar-refractivity contribution in [2.45, 2.75) is 13.3 Å². The number of ether oxygens (including phenoxy) is 1. The van der Waals surface area contributed by atoms with Crippen LogP contribution in [0, 0.1) is 5.41 Å². The smallest absolute Gasteiger partial charge is 0.264 e. The highest BCUT2D eigenvalue weighted by molar-refractivity contribution is 7.85. The van der Waals surface area contributed by atoms with Gasteiger partial charge in [0.05, 0.1) is 19.5 Å². The molecule has 1 atom stereocenters. The van der Waals surface area contributed by atoms with Crippen molar-refractivity contribution in [1.29, 1.82) is 0 Å². The van der Waals surface area contributed by atoms with Crippen LogP contribution in [-0.2, 0) is 19.0 Å². The van der Waals surface area contributed by atoms with E-state index in [1.54, 1.807) is 0 Å². The molecule has 0 aromatic carbocycles. The molecule has 1 saturated heterocycles. The van der Waals surface area contributed by atoms with Crippen molar-refractivity contribution in [1.82, 2.24) is 5.32 Å². The third-order valence-corrected chi connectivity index (χ3v) is 3.07. The van der Waals surface area contributed by atoms with Crippen LogP contribution < -0.4 is 5.32 Å². The van der Waals surface area contributed by atoms with Gasteiger partial charge in [0.2, 0.25) is 0 Å². The SMILES string of the molecule is CCOC[C@]1(COS(C)(=O)=O)CCNC1. The van der Waals surface area contributed by atoms with Gasteiger partial charge in [-0.3, -0.25) is 4.18 Å². The van der Waals surface area contributed by atoms with E-state index in [2.05, 4.69) is 5.32 Å². The first kappa shape index (κ1) is 12.9. The Balaban J connectivity index is 2.50. The summed E-state index contributed by atoms with van der Waals surface area (Å²) in [6, 6.07) is 0. The number of rotatable bonds is 6. The number of hydrogen-bond donors (Lipinski definition) is 1. The third kappa shape index (κ3) is 4.46. The summed E-state index contributed by atoms with van der Waals surface area (Å²) >= 11 is 0. The van der Waals surface area contributed by atoms with Gasteiger partial charge < -0.3 is 10.1 Å². The first-order valence-corrected chi connectivity index (χ1v) is 6.92. The average Bonchev–Trinajstić information content (AvgIpc) is 2.60. The van der Waals surface area contributed by atoms with Crippen LogP contribution in [0.1, 0.15) is 13.3 Å². The monoisotopic (exact) mass is 237 g/mol. The predicted molar refractivity (Wildman–Crippen MR) is 57.2 cm³/mol. The second-order valence-electron chi connectivity index (χ2n) is 4.03. The Morgan fingerprint density at radius 2 is 2.13 bits per heavy atom. The van der Waals surface area contributed by atoms with Crippen molar-refractivity contribution < 1.29 is 17.3 Å². The Morgan fingerprint density at radius 3 is 2.60 bits per heavy atom. The lowest BCUT2D eigenvalue weighted by Gasteiger charge is -2.26. The summed E-state index contributed by atoms with van der Waals surface area (Å²) in [6.45, 7) is 4.96. The van der Waals surface area contributed by atoms with Gasteiger partial charge in [-0.05, 0) is 19.9 Å². The van der Waals surface area contributed by atoms with Crippen molar-refractivity contribution in [3.63, 3.8) is 0 Å². The van der Waals surface area contributed by atoms with Crippen LogP contribution >= 0.6 is 0 Å². The lowest BCUT2D eigenvalue weighted by atomic mass is 9.89. The highest BCUT2D eigenvalue weighted by atomic mass is 32.2. The summed E-state index contributed by atoms with van der Waals surface area (Å²) in [7, 11) is -3.36. The van der Waals surface area contributed by atoms with E-state index < -0.39 is 10.1 Å². The molecule has 0 radical (unpaired) electrons. The maximum atomic E-state index is 10.9. The zero-order chi connectivity index (χ0) is 11.4. The molecule has 6 heteroatoms. The zero-order valence-corrected chi connectivity index (χ0v) is 10.1. The first-order valence-electron chi connectivity index (χ1n) is 5.10. The molecule has 0 aromatic heterocycles. The molecule has 0 aliphatic carbocycles. The summed E-state index contributed by atoms with van der Waals surface area (Å²) in [5.74, 6) is 0. The van der Waals surface area contributed by atoms with Crippen molar-refractivity contribution >= 4 is 10.1 Å². The molecule has 1 heterocycles. The van der Waals surface area contributed by atoms with Gasteiger partial charge in [0.1, 0.15) is 0 Å². The highest BCUT2D eigenvalue weighted by Crippen LogP contribution is 2.26. The minimum absolute atomic E-state index is 0.181. The summed E-state index contributed by atoms with van der Waals surface area (Å²) < 4.78 is 32.1. The molecule has 1 aliphatic rings. The van der Waals surface area contributed by atoms with Crippen LogP contribution in [-0.4, -0.2) is 47.6 Å². The van der Waals surface area contributed by atoms with Gasteiger partial charge in [-0.2, -0.15) is 8.42 Å². The molecule has 0 aromatic rings. The molecule has 90 valence electrons. The second-order valence-corrected chi connectivity index (χ2v) is 5.67. The van der Waals surface area contributed by atoms with Crippen LogP contribution in [0.5, 0.6) is 0 Å². The van der Waals surface area contributed by atoms with Gasteiger partial charge in [0.15, 0.2) is 0 Å². The van der Waals surface area contributed by atoms with Crippen LogP contribution in [0.15, 0.2) is 0 Å². The van der Waals surface area contributed by atoms with E-state index in [-0.39, 0.29) is 12.0 Å². The Kier molecular flexibility index (Phi) is 4.51. The molecular weight excluding hydrogens is 218 g/mol. The van der Waals surface area contributed by atoms with Gasteiger partial charge in [-0.15, -0.1) is 0 Å². The molecule has 15 heavy (non-hydrogen) atoms. The maximum absolute atomic E-state index is 10.9. The summed E-state index contributed by atoms with van der Waals surface area (Å²) in [6.07, 6.45) is 1.96. The molecule has 0 unspecified atom stereocenters. The van der Waals surface area contributed by atoms with E-state index in [9.17, 15) is 8.42 Å². The predicted octanol–water partition coefficient (Wildman–Crippen LogP) is -0.0212. The molecule has 0 amide bonds. The van der Waals surface area contributed by atoms with Gasteiger partial charge in [-0.1, -0.05) is 0 Å². The van der Waals surface area contributed by atoms with Crippen molar-refractivity contribution in [3.8, 4) is 0 Å². The summed E-state index contributed by atoms with van der Waals surface area (Å²) in [5.41, 5.74) is -0.181. The van der Waals surface area contributed by atoms with E-state index in [0.717, 1.165) is 25.8 Å². The molecule has 5 nitrogen and oxygen atoms in total. The Morgan fingerprint density at radius 1 is 1.40 bits per heavy atom. The quantitative estimate of drug-likeness (QED) is 0.658. The molecule has 1 N–H and O–H groups in total. The number of hydrogen-bond acceptors (Lipinski definition) is 5. The van der Waals surface area contributed by atoms with Crippen LogP contribution in [0.4, 0.5) is 0 Å². The fourth-order valence-corrected chi connectivity index (χ4v) is 2.10. The second kappa shape index (κ2) is 5.25. The first-order chi connectivity index (χ1) is 6.97. The summed E-state index contributed by atoms with van der Waals surface area (Å²) in [4.78, 5) is 0. The topological polar surface area (TPSA) is 64.6 Å². The van der Waals surface area contributed by atoms with Gasteiger partial charge >= 0.3 is 0 Å². The number of nitrogens with one attached hydrogen (secondary N) is 1. The lowest BCUT2D eigenvalue weighted by Crippen LogP contribution is -2.35. The molecule has 1 aliphatic heterocycles. The van der Waals surface area contributed by atoms with Gasteiger partial charge in [0, 0.05) is 18.6 Å². The zero-order valence-electron chi connectivity index (χ0n) is 9.28. The minimum Gasteiger partial charge on any atom is -0.381 e. The molecular formula is C9H19NO4S. The molecule has 1 fully saturated rings. The Hall–Kier alpha value is -0.170. The van der Waals surface area contributed by atoms with Gasteiger partial charge in [-0.25, -0.2) is 0 Å². The third-order valence-electron chi connectivity index (χ3n) is 2.52. The Labute approximate surface area is 91.3 Å². The molecule has 0 bridgehead atoms. The van der Waals surface area contributed by atoms with E-state index in [4.69, 9.17) is 8.92 Å². The normalized spacial score (nSPS) is 27.1. The highest BCUT2D eigenvalue weighted by Gasteiger charge is 2.35. The molecule has 1 rings (SSSR count). The van der Waals surface area contributed by atoms with Crippen LogP contribution in [0.2, 0.25) is 0 Å². The van der Waals surface area contributed by atoms with Crippen molar-refractivity contribution in [3.05, 3.63) is 0 Å². The van der Waals surface area contributed by atoms with Crippen LogP contribution in [0.3, 0.4) is 0 Å². The van der Waals surface area contributed by atoms with Crippen molar-refractivity contribution in [2.24, 2.45) is 5.41 Å². The Bertz CT molecular complexity index is 282. The molecule has 0 spiro atoms. The van der Waals surface area contributed by atoms with Crippen molar-refractivity contribution in [2.75, 3.05) is 39.2 Å². The van der Waals surface area contributed by atoms with Crippen LogP contribution in [0.25, 0.3) is 0 Å². The lowest BCUT2D eigenvalue weighted by molar-refractivity contribution is 0.0325. The fraction of sp³-hybridized carbons (Fsp3) is 1.00. The standard InChI is InChI=1S/C9H19NO4S/c1-3-13-7-9(4-5-10-6-9)8-14-15(2,11)12/h10H,3-8H2,1-2H3/t9-/m0/s1.